The molecule has 12 nitrogen and oxygen atoms in total. The number of nitrogens with zero attached hydrogens (tertiary/aromatic N) is 1. The molecule has 3 rings (SSSR count). The molecule has 12 heteroatoms. The van der Waals surface area contributed by atoms with Gasteiger partial charge in [-0.2, -0.15) is 0 Å². The standard InChI is InChI=1S/C37H57NO11/c1-11-28-37(44,20-39)19-22(3)29(40)21(2)18-36(7,45-10)32(24(5)30(41)25(6)33(42)47-28)49-35-31(27(38(8)9)17-23(4)46-35)48-34(43)26-15-13-12-14-16-26/h12-16,19,21,23-25,27-28,30-32,35,39,41,44H,11,17-18,20H2,1-10H3/b22-19+/t21-,23-,24+,25-,27+,28-,30+,31-,32-,35+,36+,37-/m1/s1. The summed E-state index contributed by atoms with van der Waals surface area (Å²) in [6.45, 7) is 11.0. The van der Waals surface area contributed by atoms with E-state index in [1.54, 1.807) is 58.0 Å². The zero-order valence-corrected chi connectivity index (χ0v) is 30.6. The number of rotatable bonds is 8. The number of aliphatic hydroxyl groups excluding tert-OH is 2. The predicted octanol–water partition coefficient (Wildman–Crippen LogP) is 3.30. The highest BCUT2D eigenvalue weighted by molar-refractivity contribution is 5.96. The summed E-state index contributed by atoms with van der Waals surface area (Å²) in [5.74, 6) is -4.27. The Labute approximate surface area is 290 Å². The highest BCUT2D eigenvalue weighted by Crippen LogP contribution is 2.39. The van der Waals surface area contributed by atoms with Crippen LogP contribution < -0.4 is 0 Å². The Morgan fingerprint density at radius 3 is 2.29 bits per heavy atom. The molecule has 276 valence electrons. The Morgan fingerprint density at radius 1 is 1.10 bits per heavy atom. The number of Topliss-reactive ketones (excluding diaryl/α,β-unsaturated/α-hetero) is 1. The first-order valence-corrected chi connectivity index (χ1v) is 17.2. The van der Waals surface area contributed by atoms with Crippen molar-refractivity contribution in [3.8, 4) is 0 Å². The largest absolute Gasteiger partial charge is 0.459 e. The van der Waals surface area contributed by atoms with Crippen LogP contribution in [0.5, 0.6) is 0 Å². The van der Waals surface area contributed by atoms with Gasteiger partial charge in [-0.25, -0.2) is 4.79 Å². The summed E-state index contributed by atoms with van der Waals surface area (Å²) >= 11 is 0. The van der Waals surface area contributed by atoms with E-state index in [9.17, 15) is 29.7 Å². The monoisotopic (exact) mass is 691 g/mol. The minimum Gasteiger partial charge on any atom is -0.459 e. The molecule has 2 aliphatic rings. The van der Waals surface area contributed by atoms with Gasteiger partial charge >= 0.3 is 11.9 Å². The van der Waals surface area contributed by atoms with E-state index < -0.39 is 78.2 Å². The third-order valence-electron chi connectivity index (χ3n) is 10.2. The van der Waals surface area contributed by atoms with E-state index in [0.29, 0.717) is 12.0 Å². The van der Waals surface area contributed by atoms with Crippen LogP contribution in [0.25, 0.3) is 0 Å². The molecule has 1 fully saturated rings. The number of ether oxygens (including phenoxy) is 5. The first-order valence-electron chi connectivity index (χ1n) is 17.2. The summed E-state index contributed by atoms with van der Waals surface area (Å²) in [4.78, 5) is 42.6. The number of likely N-dealkylation sites (N-methyl/N-ethyl adjacent to an activating group) is 1. The van der Waals surface area contributed by atoms with Crippen LogP contribution in [-0.4, -0.2) is 120 Å². The van der Waals surface area contributed by atoms with Crippen LogP contribution >= 0.6 is 0 Å². The molecule has 0 unspecified atom stereocenters. The lowest BCUT2D eigenvalue weighted by Gasteiger charge is -2.48. The summed E-state index contributed by atoms with van der Waals surface area (Å²) in [6, 6.07) is 8.31. The number of benzene rings is 1. The van der Waals surface area contributed by atoms with Gasteiger partial charge in [-0.15, -0.1) is 0 Å². The van der Waals surface area contributed by atoms with E-state index in [1.165, 1.54) is 27.0 Å². The van der Waals surface area contributed by atoms with Crippen LogP contribution in [-0.2, 0) is 33.3 Å². The van der Waals surface area contributed by atoms with Crippen LogP contribution in [0.2, 0.25) is 0 Å². The van der Waals surface area contributed by atoms with Crippen molar-refractivity contribution in [1.82, 2.24) is 4.90 Å². The zero-order chi connectivity index (χ0) is 36.8. The number of esters is 2. The Kier molecular flexibility index (Phi) is 14.1. The van der Waals surface area contributed by atoms with Gasteiger partial charge in [-0.05, 0) is 84.8 Å². The minimum atomic E-state index is -2.02. The van der Waals surface area contributed by atoms with E-state index in [-0.39, 0.29) is 36.3 Å². The van der Waals surface area contributed by atoms with Gasteiger partial charge in [0.2, 0.25) is 0 Å². The van der Waals surface area contributed by atoms with Crippen LogP contribution in [0.4, 0.5) is 0 Å². The molecule has 0 saturated carbocycles. The number of cyclic esters (lactones) is 1. The molecule has 0 aliphatic carbocycles. The van der Waals surface area contributed by atoms with Gasteiger partial charge in [-0.1, -0.05) is 39.0 Å². The first-order chi connectivity index (χ1) is 22.9. The first kappa shape index (κ1) is 40.7. The average Bonchev–Trinajstić information content (AvgIpc) is 3.08. The maximum atomic E-state index is 13.7. The van der Waals surface area contributed by atoms with E-state index in [0.717, 1.165) is 0 Å². The maximum absolute atomic E-state index is 13.7. The third kappa shape index (κ3) is 9.35. The van der Waals surface area contributed by atoms with Gasteiger partial charge in [-0.3, -0.25) is 9.59 Å². The number of carbonyl (C=O) groups excluding carboxylic acids is 3. The van der Waals surface area contributed by atoms with E-state index in [4.69, 9.17) is 23.7 Å². The molecule has 2 aliphatic heterocycles. The van der Waals surface area contributed by atoms with Gasteiger partial charge in [0.15, 0.2) is 18.2 Å². The van der Waals surface area contributed by atoms with Gasteiger partial charge in [0, 0.05) is 18.9 Å². The van der Waals surface area contributed by atoms with E-state index >= 15 is 0 Å². The van der Waals surface area contributed by atoms with Crippen molar-refractivity contribution in [3.05, 3.63) is 47.5 Å². The van der Waals surface area contributed by atoms with Crippen LogP contribution in [0, 0.1) is 17.8 Å². The SMILES string of the molecule is CC[C@H]1OC(=O)[C@H](C)[C@@H](O)[C@H](C)[C@@H](O[C@@H]2O[C@H](C)C[C@H](N(C)C)[C@H]2OC(=O)c2ccccc2)[C@@](C)(OC)C[C@@H](C)C(=O)/C(C)=C/[C@@]1(O)CO. The average molecular weight is 692 g/mol. The summed E-state index contributed by atoms with van der Waals surface area (Å²) in [6.07, 6.45) is -3.82. The number of hydrogen-bond donors (Lipinski definition) is 3. The number of allylic oxidation sites excluding steroid dienone is 1. The maximum Gasteiger partial charge on any atom is 0.338 e. The normalized spacial score (nSPS) is 39.4. The van der Waals surface area contributed by atoms with Gasteiger partial charge in [0.05, 0.1) is 48.0 Å². The lowest BCUT2D eigenvalue weighted by atomic mass is 9.76. The lowest BCUT2D eigenvalue weighted by molar-refractivity contribution is -0.300. The molecule has 2 heterocycles. The topological polar surface area (TPSA) is 161 Å². The van der Waals surface area contributed by atoms with E-state index in [2.05, 4.69) is 0 Å². The number of hydrogen-bond acceptors (Lipinski definition) is 12. The van der Waals surface area contributed by atoms with Crippen LogP contribution in [0.15, 0.2) is 42.0 Å². The summed E-state index contributed by atoms with van der Waals surface area (Å²) < 4.78 is 31.1. The van der Waals surface area contributed by atoms with Crippen molar-refractivity contribution in [1.29, 1.82) is 0 Å². The summed E-state index contributed by atoms with van der Waals surface area (Å²) in [7, 11) is 5.24. The number of ketones is 1. The minimum absolute atomic E-state index is 0.108. The third-order valence-corrected chi connectivity index (χ3v) is 10.2. The summed E-state index contributed by atoms with van der Waals surface area (Å²) in [5.41, 5.74) is -2.74. The van der Waals surface area contributed by atoms with Crippen molar-refractivity contribution in [2.24, 2.45) is 17.8 Å². The Hall–Kier alpha value is -2.71. The van der Waals surface area contributed by atoms with Gasteiger partial charge < -0.3 is 43.9 Å². The highest BCUT2D eigenvalue weighted by Gasteiger charge is 2.51. The number of aliphatic hydroxyl groups is 3. The molecule has 1 aromatic rings. The molecular weight excluding hydrogens is 634 g/mol. The van der Waals surface area contributed by atoms with Crippen molar-refractivity contribution >= 4 is 17.7 Å². The molecular formula is C37H57NO11. The fourth-order valence-corrected chi connectivity index (χ4v) is 7.15. The van der Waals surface area contributed by atoms with Gasteiger partial charge in [0.1, 0.15) is 11.7 Å². The molecule has 12 atom stereocenters. The number of methoxy groups -OCH3 is 1. The summed E-state index contributed by atoms with van der Waals surface area (Å²) in [5, 5.41) is 33.3. The quantitative estimate of drug-likeness (QED) is 0.342. The van der Waals surface area contributed by atoms with Crippen LogP contribution in [0.1, 0.15) is 78.1 Å². The van der Waals surface area contributed by atoms with E-state index in [1.807, 2.05) is 25.9 Å². The zero-order valence-electron chi connectivity index (χ0n) is 30.6. The second-order valence-electron chi connectivity index (χ2n) is 14.3. The van der Waals surface area contributed by atoms with Gasteiger partial charge in [0.25, 0.3) is 0 Å². The molecule has 49 heavy (non-hydrogen) atoms. The van der Waals surface area contributed by atoms with Crippen LogP contribution in [0.3, 0.4) is 0 Å². The van der Waals surface area contributed by atoms with Crippen molar-refractivity contribution in [2.45, 2.75) is 122 Å². The molecule has 3 N–H and O–H groups in total. The lowest BCUT2D eigenvalue weighted by Crippen LogP contribution is -2.60. The fraction of sp³-hybridized carbons (Fsp3) is 0.703. The Morgan fingerprint density at radius 2 is 1.73 bits per heavy atom. The molecule has 0 bridgehead atoms. The molecule has 1 saturated heterocycles. The number of carbonyl (C=O) groups is 3. The smallest absolute Gasteiger partial charge is 0.338 e. The van der Waals surface area contributed by atoms with Crippen molar-refractivity contribution in [2.75, 3.05) is 27.8 Å². The molecule has 0 spiro atoms. The molecule has 1 aromatic carbocycles. The molecule has 0 radical (unpaired) electrons. The Balaban J connectivity index is 2.13. The Bertz CT molecular complexity index is 1300. The predicted molar refractivity (Wildman–Crippen MR) is 181 cm³/mol. The molecule has 0 amide bonds. The molecule has 0 aromatic heterocycles. The van der Waals surface area contributed by atoms with Crippen molar-refractivity contribution in [3.63, 3.8) is 0 Å². The fourth-order valence-electron chi connectivity index (χ4n) is 7.15. The van der Waals surface area contributed by atoms with Crippen molar-refractivity contribution < 1.29 is 53.4 Å². The highest BCUT2D eigenvalue weighted by atomic mass is 16.7. The second kappa shape index (κ2) is 17.0. The second-order valence-corrected chi connectivity index (χ2v) is 14.3.